The van der Waals surface area contributed by atoms with Crippen molar-refractivity contribution < 1.29 is 33.5 Å². The Balaban J connectivity index is 1.44. The number of anilines is 1. The molecule has 214 valence electrons. The van der Waals surface area contributed by atoms with Crippen LogP contribution >= 0.6 is 7.82 Å². The summed E-state index contributed by atoms with van der Waals surface area (Å²) in [5.41, 5.74) is 13.7. The Hall–Kier alpha value is -3.99. The van der Waals surface area contributed by atoms with Gasteiger partial charge in [0.2, 0.25) is 5.91 Å². The molecule has 0 bridgehead atoms. The molecule has 0 radical (unpaired) electrons. The number of nitrogen functional groups attached to an aromatic ring is 1. The number of aryl methyl sites for hydroxylation is 1. The first kappa shape index (κ1) is 29.0. The van der Waals surface area contributed by atoms with Gasteiger partial charge in [0, 0.05) is 36.5 Å². The number of nitrogens with zero attached hydrogens (tertiary/aromatic N) is 6. The van der Waals surface area contributed by atoms with E-state index in [1.165, 1.54) is 24.8 Å². The third-order valence-corrected chi connectivity index (χ3v) is 6.40. The predicted octanol–water partition coefficient (Wildman–Crippen LogP) is -0.634. The molecule has 9 N–H and O–H groups in total. The number of carbonyl (C=O) groups excluding carboxylic acids is 1. The zero-order chi connectivity index (χ0) is 28.9. The van der Waals surface area contributed by atoms with E-state index in [9.17, 15) is 14.5 Å². The Bertz CT molecular complexity index is 1490. The zero-order valence-electron chi connectivity index (χ0n) is 21.3. The molecule has 4 rings (SSSR count). The first-order valence-corrected chi connectivity index (χ1v) is 13.5. The van der Waals surface area contributed by atoms with Crippen LogP contribution in [0.5, 0.6) is 0 Å². The van der Waals surface area contributed by atoms with Gasteiger partial charge in [0.25, 0.3) is 0 Å². The standard InChI is InChI=1S/C22H29N10O7P/c1-12-19(29-10-28-12)21(27-9-23)26-5-4-25-16(34)3-2-13-7-32(22-18(13)20(24)30-11-31-22)17-6-14(33)15(39-17)8-38-40(35,36)37/h2-3,7,9-11,14-15,17,33H,4-6,8H2,1H3,(H,25,34)(H,28,29)(H2,23,26,27)(H2,24,30,31)(H2,35,36,37)/b3-2+/t14?,15-,17-/m1/s1. The average molecular weight is 577 g/mol. The van der Waals surface area contributed by atoms with Crippen LogP contribution in [0, 0.1) is 6.92 Å². The Morgan fingerprint density at radius 1 is 1.40 bits per heavy atom. The lowest BCUT2D eigenvalue weighted by molar-refractivity contribution is -0.116. The van der Waals surface area contributed by atoms with Crippen molar-refractivity contribution in [3.05, 3.63) is 41.9 Å². The monoisotopic (exact) mass is 576 g/mol. The second kappa shape index (κ2) is 12.5. The summed E-state index contributed by atoms with van der Waals surface area (Å²) in [5, 5.41) is 13.5. The van der Waals surface area contributed by atoms with E-state index >= 15 is 0 Å². The topological polar surface area (TPSA) is 261 Å². The highest BCUT2D eigenvalue weighted by Crippen LogP contribution is 2.39. The van der Waals surface area contributed by atoms with Gasteiger partial charge in [0.1, 0.15) is 35.8 Å². The van der Waals surface area contributed by atoms with Gasteiger partial charge >= 0.3 is 7.82 Å². The lowest BCUT2D eigenvalue weighted by Crippen LogP contribution is -2.25. The third-order valence-electron chi connectivity index (χ3n) is 5.91. The number of aliphatic hydroxyl groups is 1. The number of nitrogens with two attached hydrogens (primary N) is 2. The highest BCUT2D eigenvalue weighted by Gasteiger charge is 2.37. The number of phosphoric ester groups is 1. The quantitative estimate of drug-likeness (QED) is 0.0523. The molecule has 0 aromatic carbocycles. The molecule has 0 aliphatic carbocycles. The summed E-state index contributed by atoms with van der Waals surface area (Å²) < 4.78 is 22.9. The Morgan fingerprint density at radius 3 is 2.90 bits per heavy atom. The van der Waals surface area contributed by atoms with E-state index < -0.39 is 38.8 Å². The number of H-pyrrole nitrogens is 1. The van der Waals surface area contributed by atoms with Crippen LogP contribution in [0.2, 0.25) is 0 Å². The summed E-state index contributed by atoms with van der Waals surface area (Å²) in [6, 6.07) is 0. The Labute approximate surface area is 227 Å². The number of aromatic amines is 1. The van der Waals surface area contributed by atoms with Crippen molar-refractivity contribution in [3.63, 3.8) is 0 Å². The number of fused-ring (bicyclic) bond motifs is 1. The number of aromatic nitrogens is 5. The maximum Gasteiger partial charge on any atom is 0.469 e. The van der Waals surface area contributed by atoms with Gasteiger partial charge in [-0.2, -0.15) is 0 Å². The average Bonchev–Trinajstić information content (AvgIpc) is 3.60. The van der Waals surface area contributed by atoms with Crippen LogP contribution in [0.25, 0.3) is 17.1 Å². The Kier molecular flexibility index (Phi) is 9.03. The van der Waals surface area contributed by atoms with Crippen LogP contribution < -0.4 is 16.8 Å². The second-order valence-electron chi connectivity index (χ2n) is 8.65. The minimum absolute atomic E-state index is 0.0982. The Morgan fingerprint density at radius 2 is 2.20 bits per heavy atom. The minimum atomic E-state index is -4.73. The molecule has 40 heavy (non-hydrogen) atoms. The molecular weight excluding hydrogens is 547 g/mol. The van der Waals surface area contributed by atoms with Crippen molar-refractivity contribution in [2.45, 2.75) is 31.8 Å². The van der Waals surface area contributed by atoms with E-state index in [1.807, 2.05) is 6.92 Å². The van der Waals surface area contributed by atoms with Gasteiger partial charge in [-0.1, -0.05) is 0 Å². The summed E-state index contributed by atoms with van der Waals surface area (Å²) in [7, 11) is -4.73. The summed E-state index contributed by atoms with van der Waals surface area (Å²) in [6.07, 6.45) is 5.72. The lowest BCUT2D eigenvalue weighted by atomic mass is 10.2. The molecule has 4 heterocycles. The number of ether oxygens (including phenoxy) is 1. The summed E-state index contributed by atoms with van der Waals surface area (Å²) in [5.74, 6) is 0.109. The van der Waals surface area contributed by atoms with E-state index in [0.717, 1.165) is 12.0 Å². The van der Waals surface area contributed by atoms with Crippen molar-refractivity contribution in [1.82, 2.24) is 29.8 Å². The van der Waals surface area contributed by atoms with Crippen LogP contribution in [0.15, 0.2) is 34.9 Å². The molecule has 1 aliphatic rings. The molecule has 1 amide bonds. The summed E-state index contributed by atoms with van der Waals surface area (Å²) in [4.78, 5) is 54.1. The summed E-state index contributed by atoms with van der Waals surface area (Å²) in [6.45, 7) is 1.77. The molecule has 17 nitrogen and oxygen atoms in total. The number of aliphatic hydroxyl groups excluding tert-OH is 1. The molecule has 3 aromatic rings. The van der Waals surface area contributed by atoms with E-state index in [1.54, 1.807) is 10.8 Å². The van der Waals surface area contributed by atoms with Gasteiger partial charge < -0.3 is 46.0 Å². The van der Waals surface area contributed by atoms with Crippen molar-refractivity contribution in [3.8, 4) is 0 Å². The van der Waals surface area contributed by atoms with Crippen LogP contribution in [-0.2, 0) is 18.6 Å². The van der Waals surface area contributed by atoms with E-state index in [0.29, 0.717) is 28.1 Å². The number of amides is 1. The number of carbonyl (C=O) groups is 1. The van der Waals surface area contributed by atoms with Crippen LogP contribution in [-0.4, -0.2) is 89.4 Å². The van der Waals surface area contributed by atoms with E-state index in [4.69, 9.17) is 26.0 Å². The lowest BCUT2D eigenvalue weighted by Gasteiger charge is -2.16. The SMILES string of the molecule is Cc1[nH]cnc1C(N=CN)=NCCNC(=O)/C=C/c1cn([C@H]2CC(O)[C@@H](COP(=O)(O)O)O2)c2ncnc(N)c12. The molecule has 1 unspecified atom stereocenters. The number of imidazole rings is 1. The van der Waals surface area contributed by atoms with Gasteiger partial charge in [0.05, 0.1) is 37.3 Å². The van der Waals surface area contributed by atoms with Crippen LogP contribution in [0.3, 0.4) is 0 Å². The number of hydrogen-bond donors (Lipinski definition) is 7. The maximum absolute atomic E-state index is 12.5. The van der Waals surface area contributed by atoms with Crippen LogP contribution in [0.1, 0.15) is 29.6 Å². The van der Waals surface area contributed by atoms with Gasteiger partial charge in [0.15, 0.2) is 5.84 Å². The summed E-state index contributed by atoms with van der Waals surface area (Å²) >= 11 is 0. The fourth-order valence-electron chi connectivity index (χ4n) is 4.09. The number of nitrogens with one attached hydrogen (secondary N) is 2. The first-order chi connectivity index (χ1) is 19.1. The molecule has 3 atom stereocenters. The van der Waals surface area contributed by atoms with E-state index in [-0.39, 0.29) is 25.3 Å². The zero-order valence-corrected chi connectivity index (χ0v) is 22.2. The van der Waals surface area contributed by atoms with Gasteiger partial charge in [-0.3, -0.25) is 14.3 Å². The van der Waals surface area contributed by atoms with Gasteiger partial charge in [-0.25, -0.2) is 24.5 Å². The number of amidine groups is 1. The third kappa shape index (κ3) is 6.95. The normalized spacial score (nSPS) is 20.3. The molecule has 0 spiro atoms. The second-order valence-corrected chi connectivity index (χ2v) is 9.89. The van der Waals surface area contributed by atoms with Crippen molar-refractivity contribution in [2.24, 2.45) is 15.7 Å². The number of phosphoric acid groups is 1. The molecule has 1 fully saturated rings. The number of hydrogen-bond acceptors (Lipinski definition) is 10. The molecule has 1 saturated heterocycles. The first-order valence-electron chi connectivity index (χ1n) is 12.0. The predicted molar refractivity (Wildman–Crippen MR) is 144 cm³/mol. The van der Waals surface area contributed by atoms with Crippen molar-refractivity contribution in [1.29, 1.82) is 0 Å². The minimum Gasteiger partial charge on any atom is -0.390 e. The van der Waals surface area contributed by atoms with E-state index in [2.05, 4.69) is 39.8 Å². The smallest absolute Gasteiger partial charge is 0.390 e. The van der Waals surface area contributed by atoms with Crippen LogP contribution in [0.4, 0.5) is 5.82 Å². The highest BCUT2D eigenvalue weighted by atomic mass is 31.2. The molecule has 3 aromatic heterocycles. The number of aliphatic imine (C=N–C) groups is 2. The van der Waals surface area contributed by atoms with Crippen molar-refractivity contribution >= 4 is 48.8 Å². The molecule has 18 heteroatoms. The largest absolute Gasteiger partial charge is 0.469 e. The molecule has 1 aliphatic heterocycles. The maximum atomic E-state index is 12.5. The molecular formula is C22H29N10O7P. The van der Waals surface area contributed by atoms with Crippen molar-refractivity contribution in [2.75, 3.05) is 25.4 Å². The fourth-order valence-corrected chi connectivity index (χ4v) is 4.43. The fraction of sp³-hybridized carbons (Fsp3) is 0.364. The molecule has 0 saturated carbocycles. The highest BCUT2D eigenvalue weighted by molar-refractivity contribution is 7.46. The van der Waals surface area contributed by atoms with Gasteiger partial charge in [-0.15, -0.1) is 0 Å². The number of rotatable bonds is 10. The van der Waals surface area contributed by atoms with Gasteiger partial charge in [-0.05, 0) is 13.0 Å².